The minimum atomic E-state index is -0.603. The highest BCUT2D eigenvalue weighted by atomic mass is 32.1. The fraction of sp³-hybridized carbons (Fsp3) is 0.429. The maximum Gasteiger partial charge on any atom is 0.341 e. The van der Waals surface area contributed by atoms with Gasteiger partial charge in [-0.05, 0) is 52.3 Å². The summed E-state index contributed by atoms with van der Waals surface area (Å²) in [5.41, 5.74) is 0.871. The van der Waals surface area contributed by atoms with Gasteiger partial charge in [-0.2, -0.15) is 0 Å². The fourth-order valence-corrected chi connectivity index (χ4v) is 5.30. The third-order valence-corrected chi connectivity index (χ3v) is 6.29. The van der Waals surface area contributed by atoms with Crippen LogP contribution in [-0.2, 0) is 16.7 Å². The molecule has 2 aromatic rings. The summed E-state index contributed by atoms with van der Waals surface area (Å²) in [6.45, 7) is 10.4. The molecule has 0 bridgehead atoms. The van der Waals surface area contributed by atoms with Gasteiger partial charge in [-0.15, -0.1) is 11.3 Å². The van der Waals surface area contributed by atoms with Gasteiger partial charge in [0.15, 0.2) is 0 Å². The first-order valence-corrected chi connectivity index (χ1v) is 10.1. The van der Waals surface area contributed by atoms with E-state index in [2.05, 4.69) is 38.3 Å². The normalized spacial score (nSPS) is 16.9. The molecule has 1 aliphatic heterocycles. The van der Waals surface area contributed by atoms with Crippen LogP contribution in [0.4, 0.5) is 9.39 Å². The van der Waals surface area contributed by atoms with E-state index in [0.717, 1.165) is 10.4 Å². The Bertz CT molecular complexity index is 934. The Hall–Kier alpha value is -2.25. The lowest BCUT2D eigenvalue weighted by Crippen LogP contribution is -3.03. The standard InChI is InChI=1S/C21H25FN2O3S/c1-6-27-19(26)15-13-11-20(2,3)24-21(4,5)16(13)28-18(15)23-17(25)12-9-7-8-10-14(12)22/h7-10,24H,6,11H2,1-5H3,(H,23,25)/p+1. The Kier molecular flexibility index (Phi) is 5.34. The number of amides is 1. The number of rotatable bonds is 4. The number of hydrogen-bond acceptors (Lipinski definition) is 4. The third-order valence-electron chi connectivity index (χ3n) is 4.80. The molecular weight excluding hydrogens is 379 g/mol. The van der Waals surface area contributed by atoms with Crippen LogP contribution in [-0.4, -0.2) is 24.0 Å². The average Bonchev–Trinajstić information content (AvgIpc) is 2.92. The molecule has 3 N–H and O–H groups in total. The van der Waals surface area contributed by atoms with Crippen molar-refractivity contribution in [3.8, 4) is 0 Å². The van der Waals surface area contributed by atoms with Crippen LogP contribution in [0.2, 0.25) is 0 Å². The van der Waals surface area contributed by atoms with Gasteiger partial charge in [-0.1, -0.05) is 12.1 Å². The van der Waals surface area contributed by atoms with E-state index in [1.54, 1.807) is 13.0 Å². The first-order valence-electron chi connectivity index (χ1n) is 9.32. The zero-order valence-corrected chi connectivity index (χ0v) is 17.6. The third kappa shape index (κ3) is 3.82. The van der Waals surface area contributed by atoms with Crippen molar-refractivity contribution < 1.29 is 24.0 Å². The van der Waals surface area contributed by atoms with E-state index >= 15 is 0 Å². The number of hydrogen-bond donors (Lipinski definition) is 2. The number of halogens is 1. The topological polar surface area (TPSA) is 72.0 Å². The Morgan fingerprint density at radius 2 is 1.93 bits per heavy atom. The second kappa shape index (κ2) is 7.29. The molecular formula is C21H26FN2O3S+. The molecule has 0 fully saturated rings. The molecule has 5 nitrogen and oxygen atoms in total. The molecule has 3 rings (SSSR count). The highest BCUT2D eigenvalue weighted by Gasteiger charge is 2.45. The van der Waals surface area contributed by atoms with Gasteiger partial charge >= 0.3 is 5.97 Å². The Balaban J connectivity index is 2.09. The van der Waals surface area contributed by atoms with Gasteiger partial charge in [0.2, 0.25) is 0 Å². The van der Waals surface area contributed by atoms with Gasteiger partial charge in [0.25, 0.3) is 5.91 Å². The number of thiophene rings is 1. The van der Waals surface area contributed by atoms with Crippen LogP contribution in [0.1, 0.15) is 65.8 Å². The number of nitrogens with one attached hydrogen (secondary N) is 1. The number of anilines is 1. The van der Waals surface area contributed by atoms with Crippen LogP contribution < -0.4 is 10.6 Å². The highest BCUT2D eigenvalue weighted by molar-refractivity contribution is 7.17. The quantitative estimate of drug-likeness (QED) is 0.766. The number of carbonyl (C=O) groups is 2. The summed E-state index contributed by atoms with van der Waals surface area (Å²) in [7, 11) is 0. The number of carbonyl (C=O) groups excluding carboxylic acids is 2. The molecule has 0 atom stereocenters. The second-order valence-corrected chi connectivity index (χ2v) is 9.32. The van der Waals surface area contributed by atoms with Crippen LogP contribution in [0.3, 0.4) is 0 Å². The number of benzene rings is 1. The molecule has 1 aromatic heterocycles. The van der Waals surface area contributed by atoms with E-state index in [1.165, 1.54) is 29.5 Å². The van der Waals surface area contributed by atoms with Crippen LogP contribution in [0.5, 0.6) is 0 Å². The van der Waals surface area contributed by atoms with E-state index in [1.807, 2.05) is 0 Å². The minimum absolute atomic E-state index is 0.0603. The first-order chi connectivity index (χ1) is 13.1. The molecule has 0 radical (unpaired) electrons. The van der Waals surface area contributed by atoms with Crippen molar-refractivity contribution >= 4 is 28.2 Å². The van der Waals surface area contributed by atoms with Crippen molar-refractivity contribution in [1.82, 2.24) is 0 Å². The summed E-state index contributed by atoms with van der Waals surface area (Å²) in [4.78, 5) is 26.4. The SMILES string of the molecule is CCOC(=O)c1c(NC(=O)c2ccccc2F)sc2c1CC(C)(C)[NH2+]C2(C)C. The lowest BCUT2D eigenvalue weighted by Gasteiger charge is -2.38. The maximum atomic E-state index is 14.0. The van der Waals surface area contributed by atoms with Crippen molar-refractivity contribution in [2.75, 3.05) is 11.9 Å². The molecule has 0 unspecified atom stereocenters. The number of nitrogens with two attached hydrogens (primary N) is 1. The predicted octanol–water partition coefficient (Wildman–Crippen LogP) is 3.45. The predicted molar refractivity (Wildman–Crippen MR) is 107 cm³/mol. The Morgan fingerprint density at radius 3 is 2.57 bits per heavy atom. The van der Waals surface area contributed by atoms with Gasteiger partial charge in [0.1, 0.15) is 16.4 Å². The largest absolute Gasteiger partial charge is 0.462 e. The maximum absolute atomic E-state index is 14.0. The van der Waals surface area contributed by atoms with Crippen LogP contribution >= 0.6 is 11.3 Å². The number of fused-ring (bicyclic) bond motifs is 1. The second-order valence-electron chi connectivity index (χ2n) is 8.30. The van der Waals surface area contributed by atoms with Crippen molar-refractivity contribution in [3.05, 3.63) is 51.7 Å². The van der Waals surface area contributed by atoms with Crippen LogP contribution in [0.15, 0.2) is 24.3 Å². The van der Waals surface area contributed by atoms with Crippen LogP contribution in [0, 0.1) is 5.82 Å². The van der Waals surface area contributed by atoms with E-state index in [0.29, 0.717) is 17.0 Å². The van der Waals surface area contributed by atoms with Gasteiger partial charge in [0.05, 0.1) is 28.1 Å². The molecule has 2 heterocycles. The number of ether oxygens (including phenoxy) is 1. The Morgan fingerprint density at radius 1 is 1.25 bits per heavy atom. The molecule has 1 aromatic carbocycles. The lowest BCUT2D eigenvalue weighted by atomic mass is 9.81. The molecule has 7 heteroatoms. The summed E-state index contributed by atoms with van der Waals surface area (Å²) in [6, 6.07) is 5.79. The number of esters is 1. The molecule has 0 saturated carbocycles. The summed E-state index contributed by atoms with van der Waals surface area (Å²) in [5.74, 6) is -1.64. The van der Waals surface area contributed by atoms with Crippen LogP contribution in [0.25, 0.3) is 0 Å². The number of quaternary nitrogens is 1. The molecule has 1 aliphatic rings. The van der Waals surface area contributed by atoms with Crippen molar-refractivity contribution in [3.63, 3.8) is 0 Å². The summed E-state index contributed by atoms with van der Waals surface area (Å²) in [6.07, 6.45) is 0.673. The minimum Gasteiger partial charge on any atom is -0.462 e. The zero-order valence-electron chi connectivity index (χ0n) is 16.8. The molecule has 0 saturated heterocycles. The van der Waals surface area contributed by atoms with E-state index in [4.69, 9.17) is 4.74 Å². The Labute approximate surface area is 168 Å². The molecule has 1 amide bonds. The van der Waals surface area contributed by atoms with E-state index < -0.39 is 17.7 Å². The summed E-state index contributed by atoms with van der Waals surface area (Å²) in [5, 5.41) is 5.44. The van der Waals surface area contributed by atoms with Crippen molar-refractivity contribution in [1.29, 1.82) is 0 Å². The zero-order chi connectivity index (χ0) is 20.7. The first kappa shape index (κ1) is 20.5. The smallest absolute Gasteiger partial charge is 0.341 e. The summed E-state index contributed by atoms with van der Waals surface area (Å²) < 4.78 is 19.3. The monoisotopic (exact) mass is 405 g/mol. The van der Waals surface area contributed by atoms with Gasteiger partial charge in [-0.3, -0.25) is 4.79 Å². The van der Waals surface area contributed by atoms with E-state index in [-0.39, 0.29) is 23.2 Å². The van der Waals surface area contributed by atoms with E-state index in [9.17, 15) is 14.0 Å². The summed E-state index contributed by atoms with van der Waals surface area (Å²) >= 11 is 1.37. The van der Waals surface area contributed by atoms with Crippen molar-refractivity contribution in [2.24, 2.45) is 0 Å². The average molecular weight is 406 g/mol. The molecule has 0 aliphatic carbocycles. The van der Waals surface area contributed by atoms with Crippen molar-refractivity contribution in [2.45, 2.75) is 52.1 Å². The van der Waals surface area contributed by atoms with Gasteiger partial charge < -0.3 is 15.4 Å². The highest BCUT2D eigenvalue weighted by Crippen LogP contribution is 2.42. The lowest BCUT2D eigenvalue weighted by molar-refractivity contribution is -0.789. The molecule has 28 heavy (non-hydrogen) atoms. The fourth-order valence-electron chi connectivity index (χ4n) is 4.03. The molecule has 0 spiro atoms. The molecule has 150 valence electrons. The van der Waals surface area contributed by atoms with Gasteiger partial charge in [0, 0.05) is 6.42 Å². The van der Waals surface area contributed by atoms with Gasteiger partial charge in [-0.25, -0.2) is 9.18 Å².